The third kappa shape index (κ3) is 3.35. The van der Waals surface area contributed by atoms with E-state index in [0.717, 1.165) is 17.4 Å². The van der Waals surface area contributed by atoms with Crippen LogP contribution < -0.4 is 5.32 Å². The van der Waals surface area contributed by atoms with Gasteiger partial charge in [0.1, 0.15) is 5.69 Å². The lowest BCUT2D eigenvalue weighted by Crippen LogP contribution is -2.36. The molecule has 0 aromatic carbocycles. The number of hydrogen-bond acceptors (Lipinski definition) is 2. The van der Waals surface area contributed by atoms with Gasteiger partial charge in [-0.2, -0.15) is 0 Å². The Morgan fingerprint density at radius 3 is 2.94 bits per heavy atom. The predicted molar refractivity (Wildman–Crippen MR) is 66.4 cm³/mol. The zero-order chi connectivity index (χ0) is 12.1. The van der Waals surface area contributed by atoms with Crippen LogP contribution in [0.4, 0.5) is 0 Å². The molecule has 1 aromatic heterocycles. The molecule has 0 unspecified atom stereocenters. The number of rotatable bonds is 5. The van der Waals surface area contributed by atoms with Crippen molar-refractivity contribution in [2.45, 2.75) is 32.9 Å². The molecule has 0 saturated carbocycles. The Bertz CT molecular complexity index is 363. The Kier molecular flexibility index (Phi) is 5.02. The highest BCUT2D eigenvalue weighted by Crippen LogP contribution is 2.15. The number of nitrogens with one attached hydrogen (secondary N) is 1. The number of aliphatic hydroxyl groups is 1. The molecule has 0 fully saturated rings. The van der Waals surface area contributed by atoms with Crippen molar-refractivity contribution in [2.24, 2.45) is 0 Å². The number of hydrogen-bond donors (Lipinski definition) is 2. The number of nitrogens with zero attached hydrogens (tertiary/aromatic N) is 1. The minimum atomic E-state index is -0.226. The summed E-state index contributed by atoms with van der Waals surface area (Å²) in [4.78, 5) is 11.9. The Morgan fingerprint density at radius 1 is 1.69 bits per heavy atom. The fraction of sp³-hybridized carbons (Fsp3) is 0.545. The van der Waals surface area contributed by atoms with Gasteiger partial charge in [-0.3, -0.25) is 4.79 Å². The van der Waals surface area contributed by atoms with Crippen LogP contribution in [0.1, 0.15) is 30.8 Å². The van der Waals surface area contributed by atoms with Gasteiger partial charge >= 0.3 is 0 Å². The molecule has 0 bridgehead atoms. The molecule has 0 radical (unpaired) electrons. The van der Waals surface area contributed by atoms with Gasteiger partial charge in [0.05, 0.1) is 6.61 Å². The van der Waals surface area contributed by atoms with E-state index in [0.29, 0.717) is 5.69 Å². The summed E-state index contributed by atoms with van der Waals surface area (Å²) in [5.74, 6) is -0.152. The standard InChI is InChI=1S/C11H17BrN2O2/c1-3-4-14-6-9(12)5-10(14)11(16)13-8(2)7-15/h5-6,8,15H,3-4,7H2,1-2H3,(H,13,16)/t8-/m1/s1. The van der Waals surface area contributed by atoms with Crippen molar-refractivity contribution in [1.29, 1.82) is 0 Å². The highest BCUT2D eigenvalue weighted by atomic mass is 79.9. The average molecular weight is 289 g/mol. The second kappa shape index (κ2) is 6.06. The molecule has 1 aromatic rings. The van der Waals surface area contributed by atoms with Crippen LogP contribution in [0.3, 0.4) is 0 Å². The molecular weight excluding hydrogens is 272 g/mol. The van der Waals surface area contributed by atoms with Crippen LogP contribution >= 0.6 is 15.9 Å². The number of carbonyl (C=O) groups excluding carboxylic acids is 1. The van der Waals surface area contributed by atoms with E-state index in [2.05, 4.69) is 28.2 Å². The second-order valence-electron chi connectivity index (χ2n) is 3.79. The van der Waals surface area contributed by atoms with E-state index >= 15 is 0 Å². The van der Waals surface area contributed by atoms with Crippen LogP contribution in [0.2, 0.25) is 0 Å². The lowest BCUT2D eigenvalue weighted by molar-refractivity contribution is 0.0913. The zero-order valence-electron chi connectivity index (χ0n) is 9.53. The summed E-state index contributed by atoms with van der Waals surface area (Å²) in [5.41, 5.74) is 0.619. The molecule has 16 heavy (non-hydrogen) atoms. The molecule has 90 valence electrons. The third-order valence-corrected chi connectivity index (χ3v) is 2.65. The van der Waals surface area contributed by atoms with E-state index in [1.165, 1.54) is 0 Å². The third-order valence-electron chi connectivity index (χ3n) is 2.21. The maximum atomic E-state index is 11.9. The summed E-state index contributed by atoms with van der Waals surface area (Å²) >= 11 is 3.35. The van der Waals surface area contributed by atoms with Crippen molar-refractivity contribution in [3.05, 3.63) is 22.4 Å². The van der Waals surface area contributed by atoms with Gasteiger partial charge in [-0.15, -0.1) is 0 Å². The second-order valence-corrected chi connectivity index (χ2v) is 4.71. The van der Waals surface area contributed by atoms with Gasteiger partial charge < -0.3 is 15.0 Å². The Hall–Kier alpha value is -0.810. The van der Waals surface area contributed by atoms with Crippen LogP contribution in [0, 0.1) is 0 Å². The molecule has 1 atom stereocenters. The van der Waals surface area contributed by atoms with E-state index in [4.69, 9.17) is 5.11 Å². The number of carbonyl (C=O) groups is 1. The first-order valence-electron chi connectivity index (χ1n) is 5.35. The summed E-state index contributed by atoms with van der Waals surface area (Å²) in [6, 6.07) is 1.56. The van der Waals surface area contributed by atoms with Gasteiger partial charge in [-0.25, -0.2) is 0 Å². The van der Waals surface area contributed by atoms with E-state index in [-0.39, 0.29) is 18.6 Å². The molecule has 2 N–H and O–H groups in total. The highest BCUT2D eigenvalue weighted by molar-refractivity contribution is 9.10. The van der Waals surface area contributed by atoms with E-state index < -0.39 is 0 Å². The summed E-state index contributed by atoms with van der Waals surface area (Å²) in [7, 11) is 0. The lowest BCUT2D eigenvalue weighted by atomic mass is 10.3. The lowest BCUT2D eigenvalue weighted by Gasteiger charge is -2.12. The SMILES string of the molecule is CCCn1cc(Br)cc1C(=O)N[C@H](C)CO. The van der Waals surface area contributed by atoms with Gasteiger partial charge in [0.15, 0.2) is 0 Å². The number of aromatic nitrogens is 1. The van der Waals surface area contributed by atoms with Crippen molar-refractivity contribution >= 4 is 21.8 Å². The fourth-order valence-electron chi connectivity index (χ4n) is 1.43. The normalized spacial score (nSPS) is 12.5. The first kappa shape index (κ1) is 13.3. The number of halogens is 1. The molecule has 1 amide bonds. The predicted octanol–water partition coefficient (Wildman–Crippen LogP) is 1.77. The topological polar surface area (TPSA) is 54.3 Å². The van der Waals surface area contributed by atoms with Gasteiger partial charge in [-0.05, 0) is 35.3 Å². The minimum Gasteiger partial charge on any atom is -0.394 e. The monoisotopic (exact) mass is 288 g/mol. The van der Waals surface area contributed by atoms with Crippen LogP contribution in [0.15, 0.2) is 16.7 Å². The van der Waals surface area contributed by atoms with Gasteiger partial charge in [0, 0.05) is 23.3 Å². The van der Waals surface area contributed by atoms with Crippen molar-refractivity contribution < 1.29 is 9.90 Å². The molecule has 0 spiro atoms. The minimum absolute atomic E-state index is 0.0542. The number of amides is 1. The van der Waals surface area contributed by atoms with E-state index in [1.54, 1.807) is 13.0 Å². The largest absolute Gasteiger partial charge is 0.394 e. The molecule has 4 nitrogen and oxygen atoms in total. The number of aryl methyl sites for hydroxylation is 1. The molecule has 0 aliphatic heterocycles. The molecule has 1 rings (SSSR count). The summed E-state index contributed by atoms with van der Waals surface area (Å²) < 4.78 is 2.80. The van der Waals surface area contributed by atoms with Crippen molar-refractivity contribution in [1.82, 2.24) is 9.88 Å². The van der Waals surface area contributed by atoms with Crippen LogP contribution in [-0.2, 0) is 6.54 Å². The van der Waals surface area contributed by atoms with Gasteiger partial charge in [0.2, 0.25) is 0 Å². The van der Waals surface area contributed by atoms with Crippen LogP contribution in [0.25, 0.3) is 0 Å². The molecule has 0 saturated heterocycles. The van der Waals surface area contributed by atoms with Crippen LogP contribution in [-0.4, -0.2) is 28.2 Å². The smallest absolute Gasteiger partial charge is 0.268 e. The molecule has 5 heteroatoms. The quantitative estimate of drug-likeness (QED) is 0.868. The molecule has 1 heterocycles. The molecule has 0 aliphatic rings. The Morgan fingerprint density at radius 2 is 2.38 bits per heavy atom. The zero-order valence-corrected chi connectivity index (χ0v) is 11.1. The molecule has 0 aliphatic carbocycles. The maximum Gasteiger partial charge on any atom is 0.268 e. The van der Waals surface area contributed by atoms with Crippen LogP contribution in [0.5, 0.6) is 0 Å². The fourth-order valence-corrected chi connectivity index (χ4v) is 1.90. The summed E-state index contributed by atoms with van der Waals surface area (Å²) in [6.07, 6.45) is 2.86. The average Bonchev–Trinajstić information content (AvgIpc) is 2.60. The summed E-state index contributed by atoms with van der Waals surface area (Å²) in [5, 5.41) is 11.6. The maximum absolute atomic E-state index is 11.9. The van der Waals surface area contributed by atoms with Crippen molar-refractivity contribution in [3.8, 4) is 0 Å². The first-order valence-corrected chi connectivity index (χ1v) is 6.15. The Labute approximate surface area is 104 Å². The Balaban J connectivity index is 2.81. The van der Waals surface area contributed by atoms with E-state index in [1.807, 2.05) is 10.8 Å². The van der Waals surface area contributed by atoms with Gasteiger partial charge in [0.25, 0.3) is 5.91 Å². The van der Waals surface area contributed by atoms with Crippen molar-refractivity contribution in [2.75, 3.05) is 6.61 Å². The summed E-state index contributed by atoms with van der Waals surface area (Å²) in [6.45, 7) is 4.58. The van der Waals surface area contributed by atoms with Gasteiger partial charge in [-0.1, -0.05) is 6.92 Å². The van der Waals surface area contributed by atoms with E-state index in [9.17, 15) is 4.79 Å². The molecular formula is C11H17BrN2O2. The van der Waals surface area contributed by atoms with Crippen molar-refractivity contribution in [3.63, 3.8) is 0 Å². The first-order chi connectivity index (χ1) is 7.58. The highest BCUT2D eigenvalue weighted by Gasteiger charge is 2.14. The number of aliphatic hydroxyl groups excluding tert-OH is 1.